The number of aromatic nitrogens is 4. The van der Waals surface area contributed by atoms with Crippen LogP contribution >= 0.6 is 11.3 Å². The average Bonchev–Trinajstić information content (AvgIpc) is 3.38. The highest BCUT2D eigenvalue weighted by molar-refractivity contribution is 7.15. The summed E-state index contributed by atoms with van der Waals surface area (Å²) in [5, 5.41) is 0.766. The maximum Gasteiger partial charge on any atom is 0.419 e. The van der Waals surface area contributed by atoms with Gasteiger partial charge in [0.05, 0.1) is 17.5 Å². The van der Waals surface area contributed by atoms with Gasteiger partial charge in [-0.25, -0.2) is 23.1 Å². The first-order chi connectivity index (χ1) is 17.1. The van der Waals surface area contributed by atoms with Gasteiger partial charge in [0.1, 0.15) is 33.8 Å². The van der Waals surface area contributed by atoms with Crippen molar-refractivity contribution in [3.8, 4) is 22.0 Å². The van der Waals surface area contributed by atoms with Crippen molar-refractivity contribution in [1.29, 1.82) is 0 Å². The van der Waals surface area contributed by atoms with Gasteiger partial charge in [-0.1, -0.05) is 6.07 Å². The third kappa shape index (κ3) is 4.48. The van der Waals surface area contributed by atoms with E-state index in [-0.39, 0.29) is 11.3 Å². The van der Waals surface area contributed by atoms with Crippen LogP contribution < -0.4 is 4.90 Å². The number of halogens is 2. The first kappa shape index (κ1) is 24.1. The molecule has 5 rings (SSSR count). The minimum atomic E-state index is -0.769. The third-order valence-electron chi connectivity index (χ3n) is 5.82. The van der Waals surface area contributed by atoms with Crippen molar-refractivity contribution in [3.05, 3.63) is 70.6 Å². The van der Waals surface area contributed by atoms with E-state index in [1.54, 1.807) is 45.4 Å². The normalized spacial score (nSPS) is 13.6. The maximum absolute atomic E-state index is 14.8. The molecular weight excluding hydrogens is 484 g/mol. The minimum Gasteiger partial charge on any atom is -0.443 e. The Hall–Kier alpha value is -3.66. The van der Waals surface area contributed by atoms with Crippen LogP contribution in [0, 0.1) is 18.6 Å². The molecule has 0 atom stereocenters. The molecule has 0 aliphatic carbocycles. The molecule has 0 bridgehead atoms. The van der Waals surface area contributed by atoms with Crippen LogP contribution in [-0.2, 0) is 17.7 Å². The summed E-state index contributed by atoms with van der Waals surface area (Å²) in [5.74, 6) is -0.666. The standard InChI is InChI=1S/C26H25F2N5O2S/c1-15-23(31-24(36-15)19-13-29-9-10-30-19)32-11-8-20-16(14-32)12-21(22-17(27)6-5-7-18(22)28)33(20)25(34)35-26(2,3)4/h5-7,9-10,12-13H,8,11,14H2,1-4H3. The van der Waals surface area contributed by atoms with Gasteiger partial charge in [0.2, 0.25) is 0 Å². The highest BCUT2D eigenvalue weighted by Crippen LogP contribution is 2.37. The quantitative estimate of drug-likeness (QED) is 0.337. The van der Waals surface area contributed by atoms with Crippen molar-refractivity contribution in [2.75, 3.05) is 11.4 Å². The van der Waals surface area contributed by atoms with Crippen molar-refractivity contribution in [3.63, 3.8) is 0 Å². The lowest BCUT2D eigenvalue weighted by molar-refractivity contribution is 0.0535. The Morgan fingerprint density at radius 2 is 1.92 bits per heavy atom. The molecule has 0 spiro atoms. The molecule has 0 N–H and O–H groups in total. The number of ether oxygens (including phenoxy) is 1. The number of carbonyl (C=O) groups excluding carboxylic acids is 1. The summed E-state index contributed by atoms with van der Waals surface area (Å²) in [5.41, 5.74) is 1.29. The molecule has 1 aromatic carbocycles. The summed E-state index contributed by atoms with van der Waals surface area (Å²) in [6.07, 6.45) is 4.73. The average molecular weight is 510 g/mol. The van der Waals surface area contributed by atoms with Gasteiger partial charge in [-0.2, -0.15) is 0 Å². The van der Waals surface area contributed by atoms with E-state index in [9.17, 15) is 13.6 Å². The van der Waals surface area contributed by atoms with Crippen LogP contribution in [0.5, 0.6) is 0 Å². The zero-order chi connectivity index (χ0) is 25.6. The SMILES string of the molecule is Cc1sc(-c2cnccn2)nc1N1CCc2c(cc(-c3c(F)cccc3F)n2C(=O)OC(C)(C)C)C1. The lowest BCUT2D eigenvalue weighted by Crippen LogP contribution is -2.34. The van der Waals surface area contributed by atoms with E-state index in [4.69, 9.17) is 9.72 Å². The smallest absolute Gasteiger partial charge is 0.419 e. The molecule has 4 heterocycles. The van der Waals surface area contributed by atoms with Gasteiger partial charge in [-0.3, -0.25) is 9.97 Å². The molecule has 7 nitrogen and oxygen atoms in total. The Morgan fingerprint density at radius 1 is 1.17 bits per heavy atom. The van der Waals surface area contributed by atoms with Crippen LogP contribution in [0.3, 0.4) is 0 Å². The lowest BCUT2D eigenvalue weighted by Gasteiger charge is -2.29. The Labute approximate surface area is 211 Å². The topological polar surface area (TPSA) is 73.1 Å². The van der Waals surface area contributed by atoms with Gasteiger partial charge >= 0.3 is 6.09 Å². The zero-order valence-corrected chi connectivity index (χ0v) is 21.2. The summed E-state index contributed by atoms with van der Waals surface area (Å²) >= 11 is 1.53. The van der Waals surface area contributed by atoms with Crippen molar-refractivity contribution >= 4 is 23.2 Å². The molecule has 0 saturated carbocycles. The number of fused-ring (bicyclic) bond motifs is 1. The molecule has 1 aliphatic heterocycles. The summed E-state index contributed by atoms with van der Waals surface area (Å²) in [4.78, 5) is 29.6. The summed E-state index contributed by atoms with van der Waals surface area (Å²) in [6.45, 7) is 8.26. The van der Waals surface area contributed by atoms with Crippen LogP contribution in [0.2, 0.25) is 0 Å². The fourth-order valence-corrected chi connectivity index (χ4v) is 5.26. The highest BCUT2D eigenvalue weighted by Gasteiger charge is 2.31. The van der Waals surface area contributed by atoms with E-state index in [2.05, 4.69) is 14.9 Å². The van der Waals surface area contributed by atoms with E-state index in [0.717, 1.165) is 21.3 Å². The lowest BCUT2D eigenvalue weighted by atomic mass is 10.1. The molecule has 0 radical (unpaired) electrons. The van der Waals surface area contributed by atoms with Crippen LogP contribution in [0.1, 0.15) is 36.9 Å². The maximum atomic E-state index is 14.8. The van der Waals surface area contributed by atoms with E-state index >= 15 is 0 Å². The molecule has 0 saturated heterocycles. The van der Waals surface area contributed by atoms with E-state index < -0.39 is 23.3 Å². The van der Waals surface area contributed by atoms with Crippen LogP contribution in [-0.4, -0.2) is 37.8 Å². The predicted octanol–water partition coefficient (Wildman–Crippen LogP) is 6.00. The molecule has 0 unspecified atom stereocenters. The summed E-state index contributed by atoms with van der Waals surface area (Å²) < 4.78 is 36.5. The zero-order valence-electron chi connectivity index (χ0n) is 20.4. The molecule has 0 amide bonds. The molecular formula is C26H25F2N5O2S. The summed E-state index contributed by atoms with van der Waals surface area (Å²) in [7, 11) is 0. The number of benzene rings is 1. The van der Waals surface area contributed by atoms with Crippen molar-refractivity contribution < 1.29 is 18.3 Å². The second-order valence-electron chi connectivity index (χ2n) is 9.57. The number of hydrogen-bond acceptors (Lipinski definition) is 7. The van der Waals surface area contributed by atoms with Gasteiger partial charge in [0.15, 0.2) is 0 Å². The minimum absolute atomic E-state index is 0.141. The van der Waals surface area contributed by atoms with E-state index in [1.165, 1.54) is 34.1 Å². The second-order valence-corrected chi connectivity index (χ2v) is 10.8. The first-order valence-electron chi connectivity index (χ1n) is 11.5. The molecule has 3 aromatic heterocycles. The summed E-state index contributed by atoms with van der Waals surface area (Å²) in [6, 6.07) is 5.35. The van der Waals surface area contributed by atoms with Gasteiger partial charge in [0.25, 0.3) is 0 Å². The Balaban J connectivity index is 1.56. The number of aryl methyl sites for hydroxylation is 1. The van der Waals surface area contributed by atoms with E-state index in [1.807, 2.05) is 6.92 Å². The third-order valence-corrected chi connectivity index (χ3v) is 6.80. The van der Waals surface area contributed by atoms with Gasteiger partial charge < -0.3 is 9.64 Å². The number of thiazole rings is 1. The number of hydrogen-bond donors (Lipinski definition) is 0. The van der Waals surface area contributed by atoms with Crippen LogP contribution in [0.25, 0.3) is 22.0 Å². The fraction of sp³-hybridized carbons (Fsp3) is 0.308. The van der Waals surface area contributed by atoms with Crippen molar-refractivity contribution in [1.82, 2.24) is 19.5 Å². The van der Waals surface area contributed by atoms with Gasteiger partial charge in [0, 0.05) is 42.5 Å². The van der Waals surface area contributed by atoms with Crippen molar-refractivity contribution in [2.24, 2.45) is 0 Å². The first-order valence-corrected chi connectivity index (χ1v) is 12.3. The number of nitrogens with zero attached hydrogens (tertiary/aromatic N) is 5. The van der Waals surface area contributed by atoms with Crippen molar-refractivity contribution in [2.45, 2.75) is 46.3 Å². The highest BCUT2D eigenvalue weighted by atomic mass is 32.1. The molecule has 0 fully saturated rings. The monoisotopic (exact) mass is 509 g/mol. The molecule has 10 heteroatoms. The van der Waals surface area contributed by atoms with Crippen LogP contribution in [0.15, 0.2) is 42.9 Å². The van der Waals surface area contributed by atoms with E-state index in [0.29, 0.717) is 30.9 Å². The molecule has 186 valence electrons. The van der Waals surface area contributed by atoms with Crippen LogP contribution in [0.4, 0.5) is 19.4 Å². The van der Waals surface area contributed by atoms with Gasteiger partial charge in [-0.15, -0.1) is 11.3 Å². The fourth-order valence-electron chi connectivity index (χ4n) is 4.36. The second kappa shape index (κ2) is 9.09. The number of anilines is 1. The Kier molecular flexibility index (Phi) is 6.07. The number of carbonyl (C=O) groups is 1. The number of rotatable bonds is 3. The largest absolute Gasteiger partial charge is 0.443 e. The Morgan fingerprint density at radius 3 is 2.58 bits per heavy atom. The molecule has 4 aromatic rings. The molecule has 36 heavy (non-hydrogen) atoms. The Bertz CT molecular complexity index is 1420. The molecule has 1 aliphatic rings. The predicted molar refractivity (Wildman–Crippen MR) is 134 cm³/mol. The van der Waals surface area contributed by atoms with Gasteiger partial charge in [-0.05, 0) is 51.5 Å².